The van der Waals surface area contributed by atoms with Crippen molar-refractivity contribution in [1.29, 1.82) is 0 Å². The van der Waals surface area contributed by atoms with Crippen LogP contribution < -0.4 is 20.1 Å². The minimum absolute atomic E-state index is 0.267. The van der Waals surface area contributed by atoms with E-state index >= 15 is 0 Å². The molecule has 0 amide bonds. The third-order valence-electron chi connectivity index (χ3n) is 5.35. The molecule has 1 fully saturated rings. The van der Waals surface area contributed by atoms with Gasteiger partial charge in [-0.2, -0.15) is 4.52 Å². The summed E-state index contributed by atoms with van der Waals surface area (Å²) in [5, 5.41) is 10.5. The summed E-state index contributed by atoms with van der Waals surface area (Å²) in [6.07, 6.45) is 2.59. The fourth-order valence-electron chi connectivity index (χ4n) is 3.70. The molecule has 1 aliphatic rings. The van der Waals surface area contributed by atoms with Crippen LogP contribution in [0.5, 0.6) is 11.5 Å². The second kappa shape index (κ2) is 8.28. The summed E-state index contributed by atoms with van der Waals surface area (Å²) in [6.45, 7) is -0.0609. The van der Waals surface area contributed by atoms with Crippen molar-refractivity contribution in [2.75, 3.05) is 26.1 Å². The molecular formula is C21H21F2N7O3. The van der Waals surface area contributed by atoms with Gasteiger partial charge in [0.1, 0.15) is 23.5 Å². The number of anilines is 1. The number of rotatable bonds is 7. The number of methoxy groups -OCH3 is 2. The first-order valence-corrected chi connectivity index (χ1v) is 10.2. The van der Waals surface area contributed by atoms with Gasteiger partial charge in [-0.05, 0) is 12.1 Å². The van der Waals surface area contributed by atoms with Crippen molar-refractivity contribution in [3.05, 3.63) is 48.1 Å². The zero-order chi connectivity index (χ0) is 23.0. The number of ether oxygens (including phenoxy) is 2. The van der Waals surface area contributed by atoms with Crippen LogP contribution in [-0.4, -0.2) is 51.3 Å². The highest BCUT2D eigenvalue weighted by atomic mass is 19.3. The van der Waals surface area contributed by atoms with Crippen molar-refractivity contribution < 1.29 is 22.7 Å². The molecule has 0 aliphatic carbocycles. The quantitative estimate of drug-likeness (QED) is 0.432. The molecule has 10 nitrogen and oxygen atoms in total. The number of nitrogens with zero attached hydrogens (tertiary/aromatic N) is 5. The number of alkyl halides is 2. The van der Waals surface area contributed by atoms with Crippen molar-refractivity contribution >= 4 is 11.6 Å². The second-order valence-corrected chi connectivity index (χ2v) is 7.57. The van der Waals surface area contributed by atoms with Crippen molar-refractivity contribution in [1.82, 2.24) is 29.9 Å². The molecule has 0 radical (unpaired) electrons. The van der Waals surface area contributed by atoms with Gasteiger partial charge in [-0.25, -0.2) is 23.7 Å². The van der Waals surface area contributed by atoms with Crippen molar-refractivity contribution in [2.24, 2.45) is 0 Å². The zero-order valence-electron chi connectivity index (χ0n) is 17.9. The first-order chi connectivity index (χ1) is 16.0. The standard InChI is InChI=1S/C21H21F2N7O3/c1-31-13-4-3-12(16(7-13)32-2)10-25-20-27-14(19-24-5-6-33-19)8-17-28-18(29-30(17)20)15-9-21(22,23)11-26-15/h3-8,15,26H,9-11H2,1-2H3,(H,25,27)/t15-/m0/s1. The molecule has 4 heterocycles. The molecule has 3 aromatic heterocycles. The second-order valence-electron chi connectivity index (χ2n) is 7.57. The van der Waals surface area contributed by atoms with Crippen LogP contribution in [0.3, 0.4) is 0 Å². The highest BCUT2D eigenvalue weighted by Gasteiger charge is 2.41. The average molecular weight is 457 g/mol. The topological polar surface area (TPSA) is 112 Å². The van der Waals surface area contributed by atoms with Gasteiger partial charge in [0.05, 0.1) is 33.0 Å². The van der Waals surface area contributed by atoms with Crippen molar-refractivity contribution in [3.8, 4) is 23.1 Å². The van der Waals surface area contributed by atoms with Gasteiger partial charge in [0.15, 0.2) is 11.5 Å². The maximum Gasteiger partial charge on any atom is 0.262 e. The normalized spacial score (nSPS) is 17.4. The van der Waals surface area contributed by atoms with Gasteiger partial charge in [0, 0.05) is 30.7 Å². The summed E-state index contributed by atoms with van der Waals surface area (Å²) >= 11 is 0. The van der Waals surface area contributed by atoms with Crippen molar-refractivity contribution in [3.63, 3.8) is 0 Å². The Balaban J connectivity index is 1.51. The van der Waals surface area contributed by atoms with Crippen LogP contribution >= 0.6 is 0 Å². The third kappa shape index (κ3) is 4.16. The smallest absolute Gasteiger partial charge is 0.262 e. The van der Waals surface area contributed by atoms with Crippen molar-refractivity contribution in [2.45, 2.75) is 24.9 Å². The largest absolute Gasteiger partial charge is 0.497 e. The lowest BCUT2D eigenvalue weighted by Gasteiger charge is -2.12. The van der Waals surface area contributed by atoms with Gasteiger partial charge in [-0.3, -0.25) is 0 Å². The number of hydrogen-bond donors (Lipinski definition) is 2. The molecule has 0 bridgehead atoms. The fourth-order valence-corrected chi connectivity index (χ4v) is 3.70. The molecule has 12 heteroatoms. The van der Waals surface area contributed by atoms with Crippen LogP contribution in [0, 0.1) is 0 Å². The van der Waals surface area contributed by atoms with E-state index in [1.165, 1.54) is 17.0 Å². The number of nitrogens with one attached hydrogen (secondary N) is 2. The van der Waals surface area contributed by atoms with Gasteiger partial charge in [-0.15, -0.1) is 5.10 Å². The number of hydrogen-bond acceptors (Lipinski definition) is 9. The Labute approximate surface area is 187 Å². The zero-order valence-corrected chi connectivity index (χ0v) is 17.9. The molecule has 5 rings (SSSR count). The predicted molar refractivity (Wildman–Crippen MR) is 113 cm³/mol. The first-order valence-electron chi connectivity index (χ1n) is 10.2. The SMILES string of the molecule is COc1ccc(CNc2nc(-c3ncco3)cc3nc([C@@H]4CC(F)(F)CN4)nn23)c(OC)c1. The maximum atomic E-state index is 13.7. The van der Waals surface area contributed by atoms with E-state index in [2.05, 4.69) is 30.7 Å². The first kappa shape index (κ1) is 21.1. The lowest BCUT2D eigenvalue weighted by atomic mass is 10.2. The molecule has 0 saturated carbocycles. The highest BCUT2D eigenvalue weighted by molar-refractivity contribution is 5.59. The highest BCUT2D eigenvalue weighted by Crippen LogP contribution is 2.33. The Morgan fingerprint density at radius 2 is 2.12 bits per heavy atom. The van der Waals surface area contributed by atoms with Gasteiger partial charge in [-0.1, -0.05) is 0 Å². The van der Waals surface area contributed by atoms with E-state index in [0.717, 1.165) is 5.56 Å². The maximum absolute atomic E-state index is 13.7. The molecule has 2 N–H and O–H groups in total. The van der Waals surface area contributed by atoms with E-state index in [-0.39, 0.29) is 12.2 Å². The summed E-state index contributed by atoms with van der Waals surface area (Å²) in [5.41, 5.74) is 1.71. The van der Waals surface area contributed by atoms with Crippen LogP contribution in [-0.2, 0) is 6.54 Å². The Bertz CT molecular complexity index is 1280. The molecule has 1 aliphatic heterocycles. The number of halogens is 2. The molecule has 172 valence electrons. The molecule has 33 heavy (non-hydrogen) atoms. The molecule has 0 unspecified atom stereocenters. The van der Waals surface area contributed by atoms with Crippen LogP contribution in [0.25, 0.3) is 17.2 Å². The van der Waals surface area contributed by atoms with E-state index in [9.17, 15) is 8.78 Å². The Morgan fingerprint density at radius 3 is 2.82 bits per heavy atom. The third-order valence-corrected chi connectivity index (χ3v) is 5.35. The Morgan fingerprint density at radius 1 is 1.24 bits per heavy atom. The van der Waals surface area contributed by atoms with Gasteiger partial charge < -0.3 is 24.5 Å². The van der Waals surface area contributed by atoms with Crippen LogP contribution in [0.1, 0.15) is 23.9 Å². The minimum atomic E-state index is -2.80. The predicted octanol–water partition coefficient (Wildman–Crippen LogP) is 3.08. The molecule has 4 aromatic rings. The number of oxazole rings is 1. The molecular weight excluding hydrogens is 436 g/mol. The summed E-state index contributed by atoms with van der Waals surface area (Å²) in [6, 6.07) is 6.47. The van der Waals surface area contributed by atoms with Gasteiger partial charge >= 0.3 is 0 Å². The van der Waals surface area contributed by atoms with Gasteiger partial charge in [0.25, 0.3) is 5.92 Å². The number of aromatic nitrogens is 5. The van der Waals surface area contributed by atoms with E-state index < -0.39 is 18.5 Å². The van der Waals surface area contributed by atoms with E-state index in [0.29, 0.717) is 41.2 Å². The molecule has 1 saturated heterocycles. The summed E-state index contributed by atoms with van der Waals surface area (Å²) < 4.78 is 45.0. The lowest BCUT2D eigenvalue weighted by Crippen LogP contribution is -2.19. The van der Waals surface area contributed by atoms with Crippen LogP contribution in [0.15, 0.2) is 41.1 Å². The number of benzene rings is 1. The van der Waals surface area contributed by atoms with Gasteiger partial charge in [0.2, 0.25) is 11.8 Å². The summed E-state index contributed by atoms with van der Waals surface area (Å²) in [5.74, 6) is -0.568. The van der Waals surface area contributed by atoms with E-state index in [1.807, 2.05) is 12.1 Å². The number of fused-ring (bicyclic) bond motifs is 1. The molecule has 0 spiro atoms. The summed E-state index contributed by atoms with van der Waals surface area (Å²) in [7, 11) is 3.16. The molecule has 1 aromatic carbocycles. The monoisotopic (exact) mass is 457 g/mol. The Kier molecular flexibility index (Phi) is 5.29. The Hall–Kier alpha value is -3.80. The van der Waals surface area contributed by atoms with Crippen LogP contribution in [0.4, 0.5) is 14.7 Å². The van der Waals surface area contributed by atoms with Crippen LogP contribution in [0.2, 0.25) is 0 Å². The van der Waals surface area contributed by atoms with E-state index in [1.54, 1.807) is 26.4 Å². The summed E-state index contributed by atoms with van der Waals surface area (Å²) in [4.78, 5) is 13.2. The lowest BCUT2D eigenvalue weighted by molar-refractivity contribution is 0.0208. The fraction of sp³-hybridized carbons (Fsp3) is 0.333. The average Bonchev–Trinajstić information content (AvgIpc) is 3.56. The minimum Gasteiger partial charge on any atom is -0.497 e. The van der Waals surface area contributed by atoms with E-state index in [4.69, 9.17) is 13.9 Å². The molecule has 1 atom stereocenters.